The van der Waals surface area contributed by atoms with Gasteiger partial charge in [-0.3, -0.25) is 0 Å². The molecular weight excluding hydrogens is 305 g/mol. The lowest BCUT2D eigenvalue weighted by molar-refractivity contribution is 0.0600. The third-order valence-electron chi connectivity index (χ3n) is 1.91. The zero-order valence-corrected chi connectivity index (χ0v) is 11.7. The van der Waals surface area contributed by atoms with Crippen LogP contribution in [0.4, 0.5) is 7.77 Å². The van der Waals surface area contributed by atoms with Crippen LogP contribution in [0.25, 0.3) is 0 Å². The molecule has 4 nitrogen and oxygen atoms in total. The molecule has 0 atom stereocenters. The molecule has 18 heavy (non-hydrogen) atoms. The molecule has 0 amide bonds. The largest absolute Gasteiger partial charge is 0.465 e. The monoisotopic (exact) mass is 314 g/mol. The van der Waals surface area contributed by atoms with Gasteiger partial charge < -0.3 is 4.74 Å². The van der Waals surface area contributed by atoms with E-state index in [9.17, 15) is 12.6 Å². The van der Waals surface area contributed by atoms with Crippen molar-refractivity contribution in [1.82, 2.24) is 0 Å². The van der Waals surface area contributed by atoms with E-state index in [-0.39, 0.29) is 31.0 Å². The smallest absolute Gasteiger partial charge is 0.337 e. The number of hydrogen-bond donors (Lipinski definition) is 0. The highest BCUT2D eigenvalue weighted by molar-refractivity contribution is 7.96. The predicted octanol–water partition coefficient (Wildman–Crippen LogP) is 4.38. The predicted molar refractivity (Wildman–Crippen MR) is 68.0 cm³/mol. The molecule has 0 bridgehead atoms. The fourth-order valence-corrected chi connectivity index (χ4v) is 2.90. The van der Waals surface area contributed by atoms with E-state index < -0.39 is 14.3 Å². The Bertz CT molecular complexity index is 373. The Hall–Kier alpha value is -0.400. The third-order valence-corrected chi connectivity index (χ3v) is 4.31. The van der Waals surface area contributed by atoms with Crippen molar-refractivity contribution < 1.29 is 25.2 Å². The SMILES string of the molecule is COC(=O)c1ccc(CP(OSF)OSF)cc1. The Labute approximate surface area is 113 Å². The average molecular weight is 314 g/mol. The summed E-state index contributed by atoms with van der Waals surface area (Å²) in [6.45, 7) is 0. The van der Waals surface area contributed by atoms with Crippen molar-refractivity contribution in [2.24, 2.45) is 0 Å². The summed E-state index contributed by atoms with van der Waals surface area (Å²) in [7, 11) is -0.420. The zero-order valence-electron chi connectivity index (χ0n) is 9.17. The molecule has 1 aromatic carbocycles. The second-order valence-electron chi connectivity index (χ2n) is 2.95. The topological polar surface area (TPSA) is 44.8 Å². The molecule has 0 aliphatic carbocycles. The van der Waals surface area contributed by atoms with E-state index in [4.69, 9.17) is 0 Å². The first-order valence-electron chi connectivity index (χ1n) is 4.56. The highest BCUT2D eigenvalue weighted by atomic mass is 32.2. The van der Waals surface area contributed by atoms with Gasteiger partial charge in [0, 0.05) is 6.16 Å². The van der Waals surface area contributed by atoms with Crippen molar-refractivity contribution in [1.29, 1.82) is 0 Å². The van der Waals surface area contributed by atoms with E-state index in [1.54, 1.807) is 24.3 Å². The van der Waals surface area contributed by atoms with Crippen LogP contribution in [0.5, 0.6) is 0 Å². The summed E-state index contributed by atoms with van der Waals surface area (Å²) in [6.07, 6.45) is 0.213. The van der Waals surface area contributed by atoms with Crippen LogP contribution in [0.15, 0.2) is 24.3 Å². The standard InChI is InChI=1S/C9H9F2O4PS2/c1-13-9(12)8-4-2-7(3-5-8)6-16(14-17-10)15-18-11/h2-5H,6H2,1H3. The minimum Gasteiger partial charge on any atom is -0.465 e. The van der Waals surface area contributed by atoms with Crippen LogP contribution >= 0.6 is 33.2 Å². The number of hydrogen-bond acceptors (Lipinski definition) is 6. The molecule has 0 unspecified atom stereocenters. The Balaban J connectivity index is 2.63. The second-order valence-corrected chi connectivity index (χ2v) is 5.38. The van der Waals surface area contributed by atoms with Gasteiger partial charge in [0.1, 0.15) is 0 Å². The first kappa shape index (κ1) is 15.7. The highest BCUT2D eigenvalue weighted by Gasteiger charge is 2.15. The quantitative estimate of drug-likeness (QED) is 0.423. The summed E-state index contributed by atoms with van der Waals surface area (Å²) in [5.74, 6) is -0.449. The lowest BCUT2D eigenvalue weighted by atomic mass is 10.1. The normalized spacial score (nSPS) is 10.7. The van der Waals surface area contributed by atoms with Gasteiger partial charge in [-0.2, -0.15) is 0 Å². The van der Waals surface area contributed by atoms with E-state index in [1.165, 1.54) is 7.11 Å². The second kappa shape index (κ2) is 8.66. The molecule has 0 saturated carbocycles. The van der Waals surface area contributed by atoms with Crippen molar-refractivity contribution in [3.63, 3.8) is 0 Å². The summed E-state index contributed by atoms with van der Waals surface area (Å²) < 4.78 is 37.4. The maximum Gasteiger partial charge on any atom is 0.337 e. The first-order chi connectivity index (χ1) is 8.71. The lowest BCUT2D eigenvalue weighted by Crippen LogP contribution is -2.00. The number of methoxy groups -OCH3 is 1. The number of halogens is 2. The molecule has 9 heteroatoms. The van der Waals surface area contributed by atoms with E-state index in [2.05, 4.69) is 12.7 Å². The maximum atomic E-state index is 11.9. The highest BCUT2D eigenvalue weighted by Crippen LogP contribution is 2.49. The van der Waals surface area contributed by atoms with Crippen LogP contribution in [-0.4, -0.2) is 13.1 Å². The molecule has 0 aromatic heterocycles. The van der Waals surface area contributed by atoms with Gasteiger partial charge in [-0.1, -0.05) is 12.1 Å². The van der Waals surface area contributed by atoms with E-state index in [1.807, 2.05) is 0 Å². The molecule has 0 aliphatic rings. The fourth-order valence-electron chi connectivity index (χ4n) is 1.14. The Morgan fingerprint density at radius 1 is 1.22 bits per heavy atom. The van der Waals surface area contributed by atoms with Crippen molar-refractivity contribution in [2.75, 3.05) is 7.11 Å². The van der Waals surface area contributed by atoms with Gasteiger partial charge >= 0.3 is 5.97 Å². The van der Waals surface area contributed by atoms with Gasteiger partial charge in [-0.25, -0.2) is 12.7 Å². The Kier molecular flexibility index (Phi) is 7.53. The summed E-state index contributed by atoms with van der Waals surface area (Å²) in [5, 5.41) is 0. The van der Waals surface area contributed by atoms with Crippen molar-refractivity contribution in [3.05, 3.63) is 35.4 Å². The third kappa shape index (κ3) is 5.07. The van der Waals surface area contributed by atoms with E-state index >= 15 is 0 Å². The molecule has 0 saturated heterocycles. The van der Waals surface area contributed by atoms with Crippen LogP contribution in [0, 0.1) is 0 Å². The molecule has 1 rings (SSSR count). The lowest BCUT2D eigenvalue weighted by Gasteiger charge is -2.10. The number of carbonyl (C=O) groups is 1. The van der Waals surface area contributed by atoms with Crippen LogP contribution in [0.2, 0.25) is 0 Å². The molecule has 0 N–H and O–H groups in total. The number of esters is 1. The minimum atomic E-state index is -1.71. The molecule has 0 fully saturated rings. The number of rotatable bonds is 7. The van der Waals surface area contributed by atoms with Gasteiger partial charge in [-0.15, -0.1) is 7.77 Å². The summed E-state index contributed by atoms with van der Waals surface area (Å²) in [5.41, 5.74) is 1.13. The van der Waals surface area contributed by atoms with Gasteiger partial charge in [0.15, 0.2) is 0 Å². The van der Waals surface area contributed by atoms with Gasteiger partial charge in [-0.05, 0) is 17.7 Å². The number of benzene rings is 1. The van der Waals surface area contributed by atoms with Gasteiger partial charge in [0.05, 0.1) is 12.7 Å². The van der Waals surface area contributed by atoms with Crippen molar-refractivity contribution >= 4 is 39.2 Å². The summed E-state index contributed by atoms with van der Waals surface area (Å²) in [6, 6.07) is 6.39. The first-order valence-corrected chi connectivity index (χ1v) is 7.21. The van der Waals surface area contributed by atoms with Crippen LogP contribution in [0.1, 0.15) is 15.9 Å². The van der Waals surface area contributed by atoms with Crippen molar-refractivity contribution in [2.45, 2.75) is 6.16 Å². The molecular formula is C9H9F2O4PS2. The molecule has 0 heterocycles. The van der Waals surface area contributed by atoms with Crippen LogP contribution < -0.4 is 0 Å². The fraction of sp³-hybridized carbons (Fsp3) is 0.222. The van der Waals surface area contributed by atoms with E-state index in [0.717, 1.165) is 5.56 Å². The molecule has 1 aromatic rings. The Morgan fingerprint density at radius 3 is 2.22 bits per heavy atom. The number of ether oxygens (including phenoxy) is 1. The summed E-state index contributed by atoms with van der Waals surface area (Å²) >= 11 is -0.739. The molecule has 0 aliphatic heterocycles. The van der Waals surface area contributed by atoms with Gasteiger partial charge in [0.25, 0.3) is 0 Å². The van der Waals surface area contributed by atoms with Crippen molar-refractivity contribution in [3.8, 4) is 0 Å². The Morgan fingerprint density at radius 2 is 1.78 bits per heavy atom. The molecule has 0 spiro atoms. The maximum absolute atomic E-state index is 11.9. The summed E-state index contributed by atoms with van der Waals surface area (Å²) in [4.78, 5) is 11.2. The number of carbonyl (C=O) groups excluding carboxylic acids is 1. The molecule has 100 valence electrons. The van der Waals surface area contributed by atoms with Crippen LogP contribution in [-0.2, 0) is 18.8 Å². The van der Waals surface area contributed by atoms with Crippen LogP contribution in [0.3, 0.4) is 0 Å². The van der Waals surface area contributed by atoms with E-state index in [0.29, 0.717) is 5.56 Å². The average Bonchev–Trinajstić information content (AvgIpc) is 2.39. The molecule has 0 radical (unpaired) electrons. The zero-order chi connectivity index (χ0) is 13.4. The van der Waals surface area contributed by atoms with Gasteiger partial charge in [0.2, 0.25) is 33.2 Å². The minimum absolute atomic E-state index is 0.213.